The first-order chi connectivity index (χ1) is 9.74. The van der Waals surface area contributed by atoms with Crippen LogP contribution in [0.4, 0.5) is 5.95 Å². The minimum absolute atomic E-state index is 0.553. The highest BCUT2D eigenvalue weighted by atomic mass is 35.5. The molecule has 0 saturated carbocycles. The molecule has 5 heteroatoms. The molecular formula is C15H15ClN4. The van der Waals surface area contributed by atoms with Crippen molar-refractivity contribution in [2.24, 2.45) is 0 Å². The van der Waals surface area contributed by atoms with Crippen molar-refractivity contribution >= 4 is 17.5 Å². The molecule has 0 bridgehead atoms. The molecule has 1 heterocycles. The molecule has 20 heavy (non-hydrogen) atoms. The maximum Gasteiger partial charge on any atom is 0.246 e. The highest BCUT2D eigenvalue weighted by Gasteiger charge is 2.09. The minimum Gasteiger partial charge on any atom is -0.332 e. The number of nitrogens with zero attached hydrogens (tertiary/aromatic N) is 4. The Hall–Kier alpha value is -2.20. The summed E-state index contributed by atoms with van der Waals surface area (Å²) >= 11 is 5.88. The Morgan fingerprint density at radius 3 is 2.35 bits per heavy atom. The fourth-order valence-electron chi connectivity index (χ4n) is 1.74. The fourth-order valence-corrected chi connectivity index (χ4v) is 1.86. The second kappa shape index (κ2) is 6.82. The zero-order chi connectivity index (χ0) is 14.4. The van der Waals surface area contributed by atoms with Crippen molar-refractivity contribution in [1.29, 1.82) is 0 Å². The van der Waals surface area contributed by atoms with Gasteiger partial charge in [-0.2, -0.15) is 5.10 Å². The van der Waals surface area contributed by atoms with E-state index in [1.807, 2.05) is 29.2 Å². The molecule has 2 rings (SSSR count). The largest absolute Gasteiger partial charge is 0.332 e. The van der Waals surface area contributed by atoms with Crippen LogP contribution in [0.3, 0.4) is 0 Å². The number of benzene rings is 1. The fraction of sp³-hybridized carbons (Fsp3) is 0.133. The van der Waals surface area contributed by atoms with Gasteiger partial charge in [-0.15, -0.1) is 18.3 Å². The summed E-state index contributed by atoms with van der Waals surface area (Å²) in [7, 11) is 0. The first-order valence-electron chi connectivity index (χ1n) is 6.17. The van der Waals surface area contributed by atoms with Gasteiger partial charge >= 0.3 is 0 Å². The van der Waals surface area contributed by atoms with E-state index < -0.39 is 0 Å². The summed E-state index contributed by atoms with van der Waals surface area (Å²) in [6.45, 7) is 8.74. The maximum absolute atomic E-state index is 5.88. The van der Waals surface area contributed by atoms with Gasteiger partial charge in [-0.05, 0) is 12.1 Å². The first kappa shape index (κ1) is 14.2. The molecule has 102 valence electrons. The van der Waals surface area contributed by atoms with Crippen molar-refractivity contribution in [3.8, 4) is 11.3 Å². The molecule has 0 aliphatic carbocycles. The zero-order valence-electron chi connectivity index (χ0n) is 11.0. The monoisotopic (exact) mass is 286 g/mol. The van der Waals surface area contributed by atoms with Crippen LogP contribution in [0.5, 0.6) is 0 Å². The standard InChI is InChI=1S/C15H15ClN4/c1-3-9-20(10-4-2)15-18-14(11-17-19-15)12-5-7-13(16)8-6-12/h3-8,11H,1-2,9-10H2. The zero-order valence-corrected chi connectivity index (χ0v) is 11.8. The number of halogens is 1. The quantitative estimate of drug-likeness (QED) is 0.764. The van der Waals surface area contributed by atoms with E-state index in [9.17, 15) is 0 Å². The van der Waals surface area contributed by atoms with Gasteiger partial charge in [0, 0.05) is 23.7 Å². The third-order valence-corrected chi connectivity index (χ3v) is 2.92. The average molecular weight is 287 g/mol. The van der Waals surface area contributed by atoms with Crippen molar-refractivity contribution in [3.63, 3.8) is 0 Å². The molecule has 0 fully saturated rings. The summed E-state index contributed by atoms with van der Waals surface area (Å²) in [6.07, 6.45) is 5.22. The van der Waals surface area contributed by atoms with Gasteiger partial charge in [0.05, 0.1) is 11.9 Å². The lowest BCUT2D eigenvalue weighted by Gasteiger charge is -2.18. The first-order valence-corrected chi connectivity index (χ1v) is 6.55. The van der Waals surface area contributed by atoms with Crippen molar-refractivity contribution in [2.45, 2.75) is 0 Å². The lowest BCUT2D eigenvalue weighted by atomic mass is 10.2. The van der Waals surface area contributed by atoms with E-state index >= 15 is 0 Å². The van der Waals surface area contributed by atoms with E-state index in [1.165, 1.54) is 0 Å². The molecule has 1 aromatic heterocycles. The minimum atomic E-state index is 0.553. The SMILES string of the molecule is C=CCN(CC=C)c1nncc(-c2ccc(Cl)cc2)n1. The van der Waals surface area contributed by atoms with E-state index in [-0.39, 0.29) is 0 Å². The van der Waals surface area contributed by atoms with Crippen molar-refractivity contribution in [1.82, 2.24) is 15.2 Å². The Morgan fingerprint density at radius 2 is 1.75 bits per heavy atom. The maximum atomic E-state index is 5.88. The number of rotatable bonds is 6. The Labute approximate surface area is 123 Å². The molecule has 0 atom stereocenters. The Bertz CT molecular complexity index is 585. The topological polar surface area (TPSA) is 41.9 Å². The normalized spacial score (nSPS) is 10.1. The smallest absolute Gasteiger partial charge is 0.246 e. The van der Waals surface area contributed by atoms with Gasteiger partial charge in [0.2, 0.25) is 5.95 Å². The third kappa shape index (κ3) is 3.42. The van der Waals surface area contributed by atoms with E-state index in [2.05, 4.69) is 28.3 Å². The summed E-state index contributed by atoms with van der Waals surface area (Å²) in [5.74, 6) is 0.553. The summed E-state index contributed by atoms with van der Waals surface area (Å²) in [5, 5.41) is 8.77. The molecule has 0 aliphatic heterocycles. The van der Waals surface area contributed by atoms with Crippen molar-refractivity contribution < 1.29 is 0 Å². The molecule has 4 nitrogen and oxygen atoms in total. The Balaban J connectivity index is 2.33. The summed E-state index contributed by atoms with van der Waals surface area (Å²) in [5.41, 5.74) is 1.70. The predicted molar refractivity (Wildman–Crippen MR) is 82.9 cm³/mol. The summed E-state index contributed by atoms with van der Waals surface area (Å²) in [4.78, 5) is 6.46. The van der Waals surface area contributed by atoms with E-state index in [0.717, 1.165) is 11.3 Å². The third-order valence-electron chi connectivity index (χ3n) is 2.67. The number of hydrogen-bond donors (Lipinski definition) is 0. The van der Waals surface area contributed by atoms with Gasteiger partial charge in [0.15, 0.2) is 0 Å². The molecule has 0 amide bonds. The van der Waals surface area contributed by atoms with Gasteiger partial charge < -0.3 is 4.90 Å². The van der Waals surface area contributed by atoms with Crippen LogP contribution >= 0.6 is 11.6 Å². The van der Waals surface area contributed by atoms with Crippen LogP contribution in [0, 0.1) is 0 Å². The van der Waals surface area contributed by atoms with Crippen LogP contribution < -0.4 is 4.90 Å². The van der Waals surface area contributed by atoms with E-state index in [4.69, 9.17) is 11.6 Å². The van der Waals surface area contributed by atoms with Crippen LogP contribution in [0.25, 0.3) is 11.3 Å². The number of aromatic nitrogens is 3. The van der Waals surface area contributed by atoms with Gasteiger partial charge in [-0.25, -0.2) is 4.98 Å². The van der Waals surface area contributed by atoms with Crippen molar-refractivity contribution in [2.75, 3.05) is 18.0 Å². The van der Waals surface area contributed by atoms with Gasteiger partial charge in [0.25, 0.3) is 0 Å². The van der Waals surface area contributed by atoms with E-state index in [1.54, 1.807) is 18.3 Å². The number of anilines is 1. The van der Waals surface area contributed by atoms with Crippen LogP contribution in [0.1, 0.15) is 0 Å². The van der Waals surface area contributed by atoms with Gasteiger partial charge in [-0.3, -0.25) is 0 Å². The Morgan fingerprint density at radius 1 is 1.10 bits per heavy atom. The second-order valence-electron chi connectivity index (χ2n) is 4.13. The molecule has 0 aliphatic rings. The van der Waals surface area contributed by atoms with Crippen LogP contribution in [-0.2, 0) is 0 Å². The lowest BCUT2D eigenvalue weighted by Crippen LogP contribution is -2.25. The molecule has 2 aromatic rings. The molecule has 0 spiro atoms. The van der Waals surface area contributed by atoms with E-state index in [0.29, 0.717) is 24.1 Å². The molecule has 0 unspecified atom stereocenters. The molecule has 0 radical (unpaired) electrons. The molecule has 0 N–H and O–H groups in total. The lowest BCUT2D eigenvalue weighted by molar-refractivity contribution is 0.846. The summed E-state index contributed by atoms with van der Waals surface area (Å²) < 4.78 is 0. The highest BCUT2D eigenvalue weighted by molar-refractivity contribution is 6.30. The van der Waals surface area contributed by atoms with Crippen molar-refractivity contribution in [3.05, 3.63) is 60.8 Å². The second-order valence-corrected chi connectivity index (χ2v) is 4.57. The molecular weight excluding hydrogens is 272 g/mol. The predicted octanol–water partition coefficient (Wildman–Crippen LogP) is 3.37. The average Bonchev–Trinajstić information content (AvgIpc) is 2.48. The molecule has 1 aromatic carbocycles. The Kier molecular flexibility index (Phi) is 4.85. The molecule has 0 saturated heterocycles. The van der Waals surface area contributed by atoms with Gasteiger partial charge in [0.1, 0.15) is 0 Å². The summed E-state index contributed by atoms with van der Waals surface area (Å²) in [6, 6.07) is 7.46. The highest BCUT2D eigenvalue weighted by Crippen LogP contribution is 2.20. The van der Waals surface area contributed by atoms with Crippen LogP contribution in [0.2, 0.25) is 5.02 Å². The van der Waals surface area contributed by atoms with Crippen LogP contribution in [-0.4, -0.2) is 28.3 Å². The van der Waals surface area contributed by atoms with Crippen LogP contribution in [0.15, 0.2) is 55.8 Å². The van der Waals surface area contributed by atoms with Gasteiger partial charge in [-0.1, -0.05) is 35.9 Å². The number of hydrogen-bond acceptors (Lipinski definition) is 4.